The van der Waals surface area contributed by atoms with Gasteiger partial charge in [0.1, 0.15) is 5.82 Å². The van der Waals surface area contributed by atoms with Gasteiger partial charge in [-0.15, -0.1) is 0 Å². The molecule has 6 nitrogen and oxygen atoms in total. The summed E-state index contributed by atoms with van der Waals surface area (Å²) in [5.74, 6) is 2.39. The molecule has 0 saturated heterocycles. The van der Waals surface area contributed by atoms with E-state index in [2.05, 4.69) is 29.6 Å². The molecule has 0 bridgehead atoms. The van der Waals surface area contributed by atoms with Crippen LogP contribution in [0.25, 0.3) is 6.08 Å². The van der Waals surface area contributed by atoms with Crippen LogP contribution in [0.3, 0.4) is 0 Å². The number of benzene rings is 1. The fourth-order valence-electron chi connectivity index (χ4n) is 4.94. The second kappa shape index (κ2) is 10.8. The third-order valence-corrected chi connectivity index (χ3v) is 6.86. The summed E-state index contributed by atoms with van der Waals surface area (Å²) in [6.45, 7) is 2.62. The molecule has 1 amide bonds. The zero-order valence-electron chi connectivity index (χ0n) is 20.2. The van der Waals surface area contributed by atoms with Gasteiger partial charge in [-0.1, -0.05) is 30.3 Å². The molecular formula is C27H37N5O. The van der Waals surface area contributed by atoms with E-state index >= 15 is 0 Å². The second-order valence-electron chi connectivity index (χ2n) is 9.71. The average Bonchev–Trinajstić information content (AvgIpc) is 2.83. The highest BCUT2D eigenvalue weighted by atomic mass is 16.1. The minimum absolute atomic E-state index is 0.0257. The van der Waals surface area contributed by atoms with Gasteiger partial charge >= 0.3 is 0 Å². The Morgan fingerprint density at radius 3 is 2.52 bits per heavy atom. The minimum atomic E-state index is 0.0257. The highest BCUT2D eigenvalue weighted by Crippen LogP contribution is 2.30. The molecule has 4 rings (SSSR count). The number of anilines is 2. The lowest BCUT2D eigenvalue weighted by molar-refractivity contribution is -0.117. The van der Waals surface area contributed by atoms with Crippen molar-refractivity contribution in [3.05, 3.63) is 52.7 Å². The van der Waals surface area contributed by atoms with Gasteiger partial charge in [-0.2, -0.15) is 4.98 Å². The van der Waals surface area contributed by atoms with Crippen molar-refractivity contribution < 1.29 is 4.79 Å². The van der Waals surface area contributed by atoms with Gasteiger partial charge in [0.25, 0.3) is 0 Å². The molecule has 1 aromatic carbocycles. The van der Waals surface area contributed by atoms with Crippen molar-refractivity contribution in [1.29, 1.82) is 0 Å². The lowest BCUT2D eigenvalue weighted by atomic mass is 9.86. The van der Waals surface area contributed by atoms with Crippen LogP contribution < -0.4 is 15.5 Å². The highest BCUT2D eigenvalue weighted by molar-refractivity contribution is 5.97. The zero-order chi connectivity index (χ0) is 23.2. The van der Waals surface area contributed by atoms with Crippen LogP contribution in [0.5, 0.6) is 0 Å². The normalized spacial score (nSPS) is 20.6. The second-order valence-corrected chi connectivity index (χ2v) is 9.71. The molecule has 2 aromatic rings. The predicted octanol–water partition coefficient (Wildman–Crippen LogP) is 4.61. The summed E-state index contributed by atoms with van der Waals surface area (Å²) in [4.78, 5) is 24.3. The van der Waals surface area contributed by atoms with Crippen molar-refractivity contribution >= 4 is 23.7 Å². The molecule has 0 aliphatic heterocycles. The molecule has 2 aliphatic carbocycles. The summed E-state index contributed by atoms with van der Waals surface area (Å²) >= 11 is 0. The maximum Gasteiger partial charge on any atom is 0.246 e. The van der Waals surface area contributed by atoms with Crippen LogP contribution in [0.4, 0.5) is 11.8 Å². The van der Waals surface area contributed by atoms with Crippen molar-refractivity contribution in [2.45, 2.75) is 64.3 Å². The Morgan fingerprint density at radius 1 is 1.06 bits per heavy atom. The van der Waals surface area contributed by atoms with Crippen molar-refractivity contribution in [2.75, 3.05) is 30.9 Å². The standard InChI is InChI=1S/C27H37N5O/c1-19(17-20-9-5-4-6-10-20)26(33)28-18-21-13-15-22(16-14-21)29-27-30-24-12-8-7-11-23(24)25(31-27)32(2)3/h4-6,9-10,17,21-22H,7-8,11-16,18H2,1-3H3,(H,28,33)(H,29,30,31)/b19-17+. The van der Waals surface area contributed by atoms with Crippen molar-refractivity contribution in [1.82, 2.24) is 15.3 Å². The van der Waals surface area contributed by atoms with Crippen molar-refractivity contribution in [3.63, 3.8) is 0 Å². The van der Waals surface area contributed by atoms with Gasteiger partial charge < -0.3 is 15.5 Å². The maximum absolute atomic E-state index is 12.5. The first-order valence-corrected chi connectivity index (χ1v) is 12.3. The van der Waals surface area contributed by atoms with Gasteiger partial charge in [-0.05, 0) is 75.8 Å². The summed E-state index contributed by atoms with van der Waals surface area (Å²) < 4.78 is 0. The summed E-state index contributed by atoms with van der Waals surface area (Å²) in [7, 11) is 4.13. The largest absolute Gasteiger partial charge is 0.362 e. The number of hydrogen-bond donors (Lipinski definition) is 2. The lowest BCUT2D eigenvalue weighted by Crippen LogP contribution is -2.34. The van der Waals surface area contributed by atoms with E-state index in [1.807, 2.05) is 43.3 Å². The quantitative estimate of drug-likeness (QED) is 0.607. The number of carbonyl (C=O) groups is 1. The molecule has 1 heterocycles. The number of amides is 1. The zero-order valence-corrected chi connectivity index (χ0v) is 20.2. The topological polar surface area (TPSA) is 70.2 Å². The molecule has 0 unspecified atom stereocenters. The van der Waals surface area contributed by atoms with Gasteiger partial charge in [-0.25, -0.2) is 4.98 Å². The molecule has 2 N–H and O–H groups in total. The van der Waals surface area contributed by atoms with Gasteiger partial charge in [0.15, 0.2) is 0 Å². The van der Waals surface area contributed by atoms with Crippen LogP contribution in [0.15, 0.2) is 35.9 Å². The van der Waals surface area contributed by atoms with Gasteiger partial charge in [0.05, 0.1) is 5.69 Å². The lowest BCUT2D eigenvalue weighted by Gasteiger charge is -2.30. The number of nitrogens with one attached hydrogen (secondary N) is 2. The molecule has 176 valence electrons. The van der Waals surface area contributed by atoms with Crippen LogP contribution >= 0.6 is 0 Å². The smallest absolute Gasteiger partial charge is 0.246 e. The number of rotatable bonds is 7. The maximum atomic E-state index is 12.5. The van der Waals surface area contributed by atoms with Crippen LogP contribution in [-0.2, 0) is 17.6 Å². The Hall–Kier alpha value is -2.89. The average molecular weight is 448 g/mol. The van der Waals surface area contributed by atoms with Crippen LogP contribution in [0.1, 0.15) is 62.3 Å². The number of carbonyl (C=O) groups excluding carboxylic acids is 1. The van der Waals surface area contributed by atoms with Crippen LogP contribution in [-0.4, -0.2) is 42.6 Å². The summed E-state index contributed by atoms with van der Waals surface area (Å²) in [6.07, 6.45) is 10.9. The van der Waals surface area contributed by atoms with Crippen LogP contribution in [0, 0.1) is 5.92 Å². The highest BCUT2D eigenvalue weighted by Gasteiger charge is 2.24. The molecule has 1 fully saturated rings. The fraction of sp³-hybridized carbons (Fsp3) is 0.519. The Kier molecular flexibility index (Phi) is 7.63. The predicted molar refractivity (Wildman–Crippen MR) is 135 cm³/mol. The first-order chi connectivity index (χ1) is 16.0. The monoisotopic (exact) mass is 447 g/mol. The third kappa shape index (κ3) is 6.12. The number of nitrogens with zero attached hydrogens (tertiary/aromatic N) is 3. The Balaban J connectivity index is 1.27. The Morgan fingerprint density at radius 2 is 1.79 bits per heavy atom. The van der Waals surface area contributed by atoms with E-state index in [0.29, 0.717) is 12.0 Å². The molecule has 2 aliphatic rings. The number of hydrogen-bond acceptors (Lipinski definition) is 5. The molecule has 6 heteroatoms. The molecular weight excluding hydrogens is 410 g/mol. The number of aryl methyl sites for hydroxylation is 1. The minimum Gasteiger partial charge on any atom is -0.362 e. The molecule has 33 heavy (non-hydrogen) atoms. The van der Waals surface area contributed by atoms with E-state index in [4.69, 9.17) is 9.97 Å². The van der Waals surface area contributed by atoms with Crippen LogP contribution in [0.2, 0.25) is 0 Å². The van der Waals surface area contributed by atoms with E-state index in [1.165, 1.54) is 24.1 Å². The first kappa shape index (κ1) is 23.3. The van der Waals surface area contributed by atoms with E-state index in [9.17, 15) is 4.79 Å². The van der Waals surface area contributed by atoms with E-state index in [-0.39, 0.29) is 5.91 Å². The van der Waals surface area contributed by atoms with Gasteiger partial charge in [0.2, 0.25) is 11.9 Å². The molecule has 0 spiro atoms. The first-order valence-electron chi connectivity index (χ1n) is 12.3. The summed E-state index contributed by atoms with van der Waals surface area (Å²) in [5.41, 5.74) is 4.35. The Bertz CT molecular complexity index is 978. The third-order valence-electron chi connectivity index (χ3n) is 6.86. The fourth-order valence-corrected chi connectivity index (χ4v) is 4.94. The van der Waals surface area contributed by atoms with E-state index in [0.717, 1.165) is 68.0 Å². The molecule has 1 saturated carbocycles. The molecule has 0 radical (unpaired) electrons. The number of aromatic nitrogens is 2. The van der Waals surface area contributed by atoms with E-state index < -0.39 is 0 Å². The summed E-state index contributed by atoms with van der Waals surface area (Å²) in [5, 5.41) is 6.75. The van der Waals surface area contributed by atoms with Crippen molar-refractivity contribution in [2.24, 2.45) is 5.92 Å². The summed E-state index contributed by atoms with van der Waals surface area (Å²) in [6, 6.07) is 10.4. The Labute approximate surface area is 197 Å². The molecule has 0 atom stereocenters. The van der Waals surface area contributed by atoms with E-state index in [1.54, 1.807) is 0 Å². The van der Waals surface area contributed by atoms with Gasteiger partial charge in [-0.3, -0.25) is 4.79 Å². The van der Waals surface area contributed by atoms with Crippen molar-refractivity contribution in [3.8, 4) is 0 Å². The SMILES string of the molecule is C/C(=C\c1ccccc1)C(=O)NCC1CCC(Nc2nc3c(c(N(C)C)n2)CCCC3)CC1. The number of fused-ring (bicyclic) bond motifs is 1. The molecule has 1 aromatic heterocycles. The van der Waals surface area contributed by atoms with Gasteiger partial charge in [0, 0.05) is 37.8 Å².